The highest BCUT2D eigenvalue weighted by Gasteiger charge is 2.11. The van der Waals surface area contributed by atoms with Crippen LogP contribution in [0, 0.1) is 19.3 Å². The van der Waals surface area contributed by atoms with Crippen molar-refractivity contribution < 1.29 is 4.79 Å². The van der Waals surface area contributed by atoms with Crippen LogP contribution in [-0.2, 0) is 0 Å². The lowest BCUT2D eigenvalue weighted by Crippen LogP contribution is -2.32. The van der Waals surface area contributed by atoms with Crippen molar-refractivity contribution in [3.05, 3.63) is 29.3 Å². The zero-order valence-electron chi connectivity index (χ0n) is 9.58. The number of nitrogens with two attached hydrogens (primary N) is 1. The molecule has 0 heterocycles. The highest BCUT2D eigenvalue weighted by atomic mass is 16.1. The number of hydrogen-bond acceptors (Lipinski definition) is 2. The molecule has 1 unspecified atom stereocenters. The Labute approximate surface area is 96.0 Å². The largest absolute Gasteiger partial charge is 0.399 e. The monoisotopic (exact) mass is 216 g/mol. The molecule has 0 fully saturated rings. The van der Waals surface area contributed by atoms with Crippen LogP contribution in [0.5, 0.6) is 0 Å². The molecule has 0 aliphatic carbocycles. The van der Waals surface area contributed by atoms with E-state index in [0.717, 1.165) is 5.56 Å². The first-order chi connectivity index (χ1) is 7.54. The molecule has 0 spiro atoms. The summed E-state index contributed by atoms with van der Waals surface area (Å²) in [4.78, 5) is 11.8. The molecular weight excluding hydrogens is 200 g/mol. The first-order valence-electron chi connectivity index (χ1n) is 5.15. The van der Waals surface area contributed by atoms with E-state index < -0.39 is 0 Å². The number of nitrogen functional groups attached to an aromatic ring is 1. The van der Waals surface area contributed by atoms with Crippen molar-refractivity contribution in [2.75, 3.05) is 5.73 Å². The smallest absolute Gasteiger partial charge is 0.251 e. The highest BCUT2D eigenvalue weighted by molar-refractivity contribution is 5.96. The van der Waals surface area contributed by atoms with Crippen LogP contribution in [-0.4, -0.2) is 11.9 Å². The van der Waals surface area contributed by atoms with Crippen molar-refractivity contribution >= 4 is 11.6 Å². The van der Waals surface area contributed by atoms with Crippen molar-refractivity contribution in [2.45, 2.75) is 26.3 Å². The molecular formula is C13H16N2O. The van der Waals surface area contributed by atoms with Gasteiger partial charge in [-0.3, -0.25) is 4.79 Å². The van der Waals surface area contributed by atoms with E-state index in [0.29, 0.717) is 17.7 Å². The molecule has 0 saturated carbocycles. The Morgan fingerprint density at radius 1 is 1.62 bits per heavy atom. The standard InChI is InChI=1S/C13H16N2O/c1-4-5-10(3)15-13(16)12-7-6-11(14)8-9(12)2/h1,6-8,10H,5,14H2,2-3H3,(H,15,16). The van der Waals surface area contributed by atoms with Crippen LogP contribution in [0.1, 0.15) is 29.3 Å². The summed E-state index contributed by atoms with van der Waals surface area (Å²) in [6, 6.07) is 5.20. The summed E-state index contributed by atoms with van der Waals surface area (Å²) in [5.41, 5.74) is 7.78. The predicted octanol–water partition coefficient (Wildman–Crippen LogP) is 1.72. The number of nitrogens with one attached hydrogen (secondary N) is 1. The summed E-state index contributed by atoms with van der Waals surface area (Å²) < 4.78 is 0. The lowest BCUT2D eigenvalue weighted by Gasteiger charge is -2.12. The summed E-state index contributed by atoms with van der Waals surface area (Å²) >= 11 is 0. The number of benzene rings is 1. The SMILES string of the molecule is C#CCC(C)NC(=O)c1ccc(N)cc1C. The summed E-state index contributed by atoms with van der Waals surface area (Å²) in [6.07, 6.45) is 5.70. The number of aryl methyl sites for hydroxylation is 1. The number of carbonyl (C=O) groups excluding carboxylic acids is 1. The van der Waals surface area contributed by atoms with Gasteiger partial charge in [0.05, 0.1) is 0 Å². The van der Waals surface area contributed by atoms with Gasteiger partial charge in [0, 0.05) is 23.7 Å². The molecule has 3 N–H and O–H groups in total. The lowest BCUT2D eigenvalue weighted by atomic mass is 10.1. The fourth-order valence-electron chi connectivity index (χ4n) is 1.47. The van der Waals surface area contributed by atoms with Gasteiger partial charge in [0.15, 0.2) is 0 Å². The van der Waals surface area contributed by atoms with Gasteiger partial charge in [0.25, 0.3) is 5.91 Å². The summed E-state index contributed by atoms with van der Waals surface area (Å²) in [5, 5.41) is 2.84. The van der Waals surface area contributed by atoms with Gasteiger partial charge < -0.3 is 11.1 Å². The maximum Gasteiger partial charge on any atom is 0.251 e. The summed E-state index contributed by atoms with van der Waals surface area (Å²) in [7, 11) is 0. The molecule has 0 bridgehead atoms. The lowest BCUT2D eigenvalue weighted by molar-refractivity contribution is 0.0940. The summed E-state index contributed by atoms with van der Waals surface area (Å²) in [6.45, 7) is 3.74. The molecule has 3 nitrogen and oxygen atoms in total. The van der Waals surface area contributed by atoms with E-state index in [-0.39, 0.29) is 11.9 Å². The van der Waals surface area contributed by atoms with E-state index >= 15 is 0 Å². The molecule has 0 aliphatic rings. The van der Waals surface area contributed by atoms with Crippen LogP contribution in [0.2, 0.25) is 0 Å². The van der Waals surface area contributed by atoms with E-state index in [1.54, 1.807) is 18.2 Å². The minimum Gasteiger partial charge on any atom is -0.399 e. The number of terminal acetylenes is 1. The second kappa shape index (κ2) is 5.22. The zero-order valence-corrected chi connectivity index (χ0v) is 9.58. The maximum absolute atomic E-state index is 11.8. The molecule has 84 valence electrons. The molecule has 1 aromatic carbocycles. The third-order valence-electron chi connectivity index (χ3n) is 2.30. The summed E-state index contributed by atoms with van der Waals surface area (Å²) in [5.74, 6) is 2.40. The molecule has 1 atom stereocenters. The van der Waals surface area contributed by atoms with E-state index in [9.17, 15) is 4.79 Å². The Morgan fingerprint density at radius 3 is 2.88 bits per heavy atom. The molecule has 16 heavy (non-hydrogen) atoms. The van der Waals surface area contributed by atoms with Gasteiger partial charge in [-0.05, 0) is 37.6 Å². The minimum atomic E-state index is -0.111. The number of amides is 1. The molecule has 1 aromatic rings. The quantitative estimate of drug-likeness (QED) is 0.597. The Hall–Kier alpha value is -1.95. The molecule has 0 aliphatic heterocycles. The first-order valence-corrected chi connectivity index (χ1v) is 5.15. The van der Waals surface area contributed by atoms with Gasteiger partial charge >= 0.3 is 0 Å². The van der Waals surface area contributed by atoms with Crippen LogP contribution >= 0.6 is 0 Å². The first kappa shape index (κ1) is 12.1. The van der Waals surface area contributed by atoms with Crippen LogP contribution in [0.4, 0.5) is 5.69 Å². The minimum absolute atomic E-state index is 0.0190. The predicted molar refractivity (Wildman–Crippen MR) is 66.0 cm³/mol. The van der Waals surface area contributed by atoms with Crippen molar-refractivity contribution in [1.82, 2.24) is 5.32 Å². The maximum atomic E-state index is 11.8. The van der Waals surface area contributed by atoms with E-state index in [4.69, 9.17) is 12.2 Å². The van der Waals surface area contributed by atoms with Crippen LogP contribution in [0.3, 0.4) is 0 Å². The van der Waals surface area contributed by atoms with E-state index in [2.05, 4.69) is 11.2 Å². The fourth-order valence-corrected chi connectivity index (χ4v) is 1.47. The molecule has 0 saturated heterocycles. The van der Waals surface area contributed by atoms with Gasteiger partial charge in [-0.25, -0.2) is 0 Å². The van der Waals surface area contributed by atoms with Crippen LogP contribution in [0.15, 0.2) is 18.2 Å². The Bertz CT molecular complexity index is 432. The van der Waals surface area contributed by atoms with Gasteiger partial charge in [0.2, 0.25) is 0 Å². The highest BCUT2D eigenvalue weighted by Crippen LogP contribution is 2.12. The average molecular weight is 216 g/mol. The molecule has 3 heteroatoms. The number of hydrogen-bond donors (Lipinski definition) is 2. The van der Waals surface area contributed by atoms with Crippen LogP contribution < -0.4 is 11.1 Å². The molecule has 0 radical (unpaired) electrons. The number of carbonyl (C=O) groups is 1. The second-order valence-corrected chi connectivity index (χ2v) is 3.86. The Balaban J connectivity index is 2.78. The molecule has 0 aromatic heterocycles. The number of anilines is 1. The second-order valence-electron chi connectivity index (χ2n) is 3.86. The van der Waals surface area contributed by atoms with E-state index in [1.807, 2.05) is 13.8 Å². The van der Waals surface area contributed by atoms with Crippen molar-refractivity contribution in [2.24, 2.45) is 0 Å². The average Bonchev–Trinajstić information content (AvgIpc) is 2.17. The normalized spacial score (nSPS) is 11.6. The van der Waals surface area contributed by atoms with E-state index in [1.165, 1.54) is 0 Å². The van der Waals surface area contributed by atoms with Gasteiger partial charge in [0.1, 0.15) is 0 Å². The third-order valence-corrected chi connectivity index (χ3v) is 2.30. The zero-order chi connectivity index (χ0) is 12.1. The van der Waals surface area contributed by atoms with Gasteiger partial charge in [-0.15, -0.1) is 12.3 Å². The fraction of sp³-hybridized carbons (Fsp3) is 0.308. The molecule has 1 amide bonds. The topological polar surface area (TPSA) is 55.1 Å². The Morgan fingerprint density at radius 2 is 2.31 bits per heavy atom. The third kappa shape index (κ3) is 3.03. The molecule has 1 rings (SSSR count). The Kier molecular flexibility index (Phi) is 3.96. The van der Waals surface area contributed by atoms with Gasteiger partial charge in [-0.1, -0.05) is 0 Å². The van der Waals surface area contributed by atoms with Crippen molar-refractivity contribution in [3.8, 4) is 12.3 Å². The van der Waals surface area contributed by atoms with Crippen molar-refractivity contribution in [3.63, 3.8) is 0 Å². The van der Waals surface area contributed by atoms with Crippen LogP contribution in [0.25, 0.3) is 0 Å². The number of rotatable bonds is 3. The van der Waals surface area contributed by atoms with Crippen molar-refractivity contribution in [1.29, 1.82) is 0 Å². The van der Waals surface area contributed by atoms with Gasteiger partial charge in [-0.2, -0.15) is 0 Å².